The summed E-state index contributed by atoms with van der Waals surface area (Å²) in [5.74, 6) is -0.419. The first-order valence-corrected chi connectivity index (χ1v) is 13.7. The zero-order valence-corrected chi connectivity index (χ0v) is 22.5. The second-order valence-electron chi connectivity index (χ2n) is 9.21. The number of non-ortho nitro benzene ring substituents is 1. The van der Waals surface area contributed by atoms with E-state index in [1.165, 1.54) is 18.2 Å². The lowest BCUT2D eigenvalue weighted by Gasteiger charge is -2.31. The number of hydrogen-bond donors (Lipinski definition) is 0. The number of carbonyl (C=O) groups excluding carboxylic acids is 2. The molecule has 0 N–H and O–H groups in total. The highest BCUT2D eigenvalue weighted by molar-refractivity contribution is 7.09. The molecule has 3 aromatic rings. The van der Waals surface area contributed by atoms with Gasteiger partial charge in [-0.05, 0) is 40.8 Å². The Kier molecular flexibility index (Phi) is 10.4. The minimum atomic E-state index is -0.463. The van der Waals surface area contributed by atoms with E-state index in [0.29, 0.717) is 45.0 Å². The highest BCUT2D eigenvalue weighted by Gasteiger charge is 2.22. The van der Waals surface area contributed by atoms with E-state index in [2.05, 4.69) is 4.90 Å². The first-order chi connectivity index (χ1) is 19.0. The summed E-state index contributed by atoms with van der Waals surface area (Å²) in [6, 6.07) is 19.8. The van der Waals surface area contributed by atoms with Gasteiger partial charge in [0.2, 0.25) is 11.8 Å². The summed E-state index contributed by atoms with van der Waals surface area (Å²) in [5.41, 5.74) is 1.67. The van der Waals surface area contributed by atoms with Gasteiger partial charge in [-0.2, -0.15) is 0 Å². The highest BCUT2D eigenvalue weighted by atomic mass is 32.1. The van der Waals surface area contributed by atoms with Gasteiger partial charge in [0.15, 0.2) is 0 Å². The summed E-state index contributed by atoms with van der Waals surface area (Å²) in [6.07, 6.45) is 3.04. The van der Waals surface area contributed by atoms with Gasteiger partial charge in [-0.1, -0.05) is 36.4 Å². The van der Waals surface area contributed by atoms with Crippen LogP contribution in [0.2, 0.25) is 0 Å². The number of nitro benzene ring substituents is 1. The Morgan fingerprint density at radius 3 is 2.38 bits per heavy atom. The Balaban J connectivity index is 1.48. The van der Waals surface area contributed by atoms with Gasteiger partial charge in [-0.3, -0.25) is 24.6 Å². The standard InChI is InChI=1S/C29H32N4O5S/c34-28(13-10-24-8-11-26(12-9-24)33(36)37)31(15-14-30-16-18-38-19-17-30)23-29(35)32(22-27-7-4-20-39-27)21-25-5-2-1-3-6-25/h1-13,20H,14-19,21-23H2. The number of carbonyl (C=O) groups is 2. The summed E-state index contributed by atoms with van der Waals surface area (Å²) in [4.78, 5) is 44.1. The van der Waals surface area contributed by atoms with Crippen LogP contribution in [0.5, 0.6) is 0 Å². The van der Waals surface area contributed by atoms with Crippen LogP contribution < -0.4 is 0 Å². The van der Waals surface area contributed by atoms with Crippen molar-refractivity contribution in [2.24, 2.45) is 0 Å². The lowest BCUT2D eigenvalue weighted by Crippen LogP contribution is -2.46. The van der Waals surface area contributed by atoms with Crippen molar-refractivity contribution >= 4 is 34.9 Å². The summed E-state index contributed by atoms with van der Waals surface area (Å²) in [5, 5.41) is 12.9. The van der Waals surface area contributed by atoms with Crippen molar-refractivity contribution < 1.29 is 19.2 Å². The van der Waals surface area contributed by atoms with Crippen LogP contribution in [0.25, 0.3) is 6.08 Å². The molecule has 0 spiro atoms. The van der Waals surface area contributed by atoms with Gasteiger partial charge in [0, 0.05) is 55.8 Å². The molecule has 1 aromatic heterocycles. The van der Waals surface area contributed by atoms with Crippen LogP contribution in [0.4, 0.5) is 5.69 Å². The zero-order chi connectivity index (χ0) is 27.5. The Morgan fingerprint density at radius 2 is 1.72 bits per heavy atom. The fourth-order valence-corrected chi connectivity index (χ4v) is 4.94. The molecule has 0 bridgehead atoms. The Hall–Kier alpha value is -3.86. The molecule has 0 atom stereocenters. The number of benzene rings is 2. The lowest BCUT2D eigenvalue weighted by atomic mass is 10.2. The fraction of sp³-hybridized carbons (Fsp3) is 0.310. The Bertz CT molecular complexity index is 1240. The number of ether oxygens (including phenoxy) is 1. The minimum absolute atomic E-state index is 0.0135. The van der Waals surface area contributed by atoms with Crippen LogP contribution in [0.3, 0.4) is 0 Å². The van der Waals surface area contributed by atoms with Crippen molar-refractivity contribution in [3.05, 3.63) is 104 Å². The van der Waals surface area contributed by atoms with Crippen LogP contribution in [0, 0.1) is 10.1 Å². The van der Waals surface area contributed by atoms with E-state index >= 15 is 0 Å². The van der Waals surface area contributed by atoms with E-state index in [1.54, 1.807) is 39.3 Å². The maximum absolute atomic E-state index is 13.6. The number of morpholine rings is 1. The SMILES string of the molecule is O=C(C=Cc1ccc([N+](=O)[O-])cc1)N(CCN1CCOCC1)CC(=O)N(Cc1ccccc1)Cc1cccs1. The summed E-state index contributed by atoms with van der Waals surface area (Å²) < 4.78 is 5.43. The summed E-state index contributed by atoms with van der Waals surface area (Å²) in [6.45, 7) is 4.77. The molecule has 204 valence electrons. The quantitative estimate of drug-likeness (QED) is 0.192. The second-order valence-corrected chi connectivity index (χ2v) is 10.2. The molecule has 1 aliphatic heterocycles. The number of nitrogens with zero attached hydrogens (tertiary/aromatic N) is 4. The molecule has 0 radical (unpaired) electrons. The molecule has 9 nitrogen and oxygen atoms in total. The van der Waals surface area contributed by atoms with Gasteiger partial charge in [0.1, 0.15) is 6.54 Å². The van der Waals surface area contributed by atoms with Crippen LogP contribution in [0.1, 0.15) is 16.0 Å². The van der Waals surface area contributed by atoms with E-state index in [-0.39, 0.29) is 24.0 Å². The van der Waals surface area contributed by atoms with E-state index in [1.807, 2.05) is 47.8 Å². The van der Waals surface area contributed by atoms with Crippen LogP contribution in [-0.4, -0.2) is 77.4 Å². The lowest BCUT2D eigenvalue weighted by molar-refractivity contribution is -0.384. The van der Waals surface area contributed by atoms with Crippen LogP contribution in [0.15, 0.2) is 78.2 Å². The van der Waals surface area contributed by atoms with Crippen molar-refractivity contribution in [3.8, 4) is 0 Å². The zero-order valence-electron chi connectivity index (χ0n) is 21.7. The molecule has 2 heterocycles. The number of rotatable bonds is 12. The van der Waals surface area contributed by atoms with Crippen molar-refractivity contribution in [1.82, 2.24) is 14.7 Å². The van der Waals surface area contributed by atoms with E-state index in [0.717, 1.165) is 23.5 Å². The van der Waals surface area contributed by atoms with Gasteiger partial charge in [0.05, 0.1) is 24.7 Å². The third-order valence-corrected chi connectivity index (χ3v) is 7.31. The van der Waals surface area contributed by atoms with Gasteiger partial charge < -0.3 is 14.5 Å². The first kappa shape index (κ1) is 28.2. The van der Waals surface area contributed by atoms with Crippen LogP contribution >= 0.6 is 11.3 Å². The van der Waals surface area contributed by atoms with Gasteiger partial charge in [-0.25, -0.2) is 0 Å². The summed E-state index contributed by atoms with van der Waals surface area (Å²) in [7, 11) is 0. The maximum Gasteiger partial charge on any atom is 0.269 e. The topological polar surface area (TPSA) is 96.2 Å². The molecule has 0 saturated carbocycles. The van der Waals surface area contributed by atoms with Gasteiger partial charge in [0.25, 0.3) is 5.69 Å². The predicted octanol–water partition coefficient (Wildman–Crippen LogP) is 4.06. The molecule has 1 aliphatic rings. The van der Waals surface area contributed by atoms with Gasteiger partial charge >= 0.3 is 0 Å². The van der Waals surface area contributed by atoms with Crippen molar-refractivity contribution in [1.29, 1.82) is 0 Å². The maximum atomic E-state index is 13.6. The average molecular weight is 549 g/mol. The molecule has 0 aliphatic carbocycles. The van der Waals surface area contributed by atoms with E-state index in [4.69, 9.17) is 4.74 Å². The number of amides is 2. The van der Waals surface area contributed by atoms with Crippen molar-refractivity contribution in [3.63, 3.8) is 0 Å². The molecule has 10 heteroatoms. The summed E-state index contributed by atoms with van der Waals surface area (Å²) >= 11 is 1.60. The Labute approximate surface area is 232 Å². The van der Waals surface area contributed by atoms with E-state index in [9.17, 15) is 19.7 Å². The first-order valence-electron chi connectivity index (χ1n) is 12.8. The molecular weight excluding hydrogens is 516 g/mol. The Morgan fingerprint density at radius 1 is 0.974 bits per heavy atom. The molecule has 0 unspecified atom stereocenters. The normalized spacial score (nSPS) is 13.8. The number of nitro groups is 1. The highest BCUT2D eigenvalue weighted by Crippen LogP contribution is 2.16. The minimum Gasteiger partial charge on any atom is -0.379 e. The molecular formula is C29H32N4O5S. The van der Waals surface area contributed by atoms with Crippen molar-refractivity contribution in [2.75, 3.05) is 45.9 Å². The molecule has 1 fully saturated rings. The molecule has 4 rings (SSSR count). The largest absolute Gasteiger partial charge is 0.379 e. The fourth-order valence-electron chi connectivity index (χ4n) is 4.22. The van der Waals surface area contributed by atoms with E-state index < -0.39 is 4.92 Å². The molecule has 1 saturated heterocycles. The number of thiophene rings is 1. The smallest absolute Gasteiger partial charge is 0.269 e. The second kappa shape index (κ2) is 14.3. The van der Waals surface area contributed by atoms with Crippen LogP contribution in [-0.2, 0) is 27.4 Å². The van der Waals surface area contributed by atoms with Gasteiger partial charge in [-0.15, -0.1) is 11.3 Å². The molecule has 2 aromatic carbocycles. The predicted molar refractivity (Wildman–Crippen MR) is 151 cm³/mol. The molecule has 2 amide bonds. The third kappa shape index (κ3) is 8.85. The average Bonchev–Trinajstić information content (AvgIpc) is 3.48. The monoisotopic (exact) mass is 548 g/mol. The third-order valence-electron chi connectivity index (χ3n) is 6.45. The molecule has 39 heavy (non-hydrogen) atoms. The van der Waals surface area contributed by atoms with Crippen molar-refractivity contribution in [2.45, 2.75) is 13.1 Å². The number of hydrogen-bond acceptors (Lipinski definition) is 7.